The molecule has 0 saturated carbocycles. The molecular formula is C27H28O5S. The molecule has 0 amide bonds. The quantitative estimate of drug-likeness (QED) is 0.562. The lowest BCUT2D eigenvalue weighted by Crippen LogP contribution is -2.23. The number of ether oxygens (including phenoxy) is 1. The van der Waals surface area contributed by atoms with Gasteiger partial charge < -0.3 is 4.74 Å². The molecular weight excluding hydrogens is 436 g/mol. The third-order valence-corrected chi connectivity index (χ3v) is 7.36. The molecule has 0 aromatic heterocycles. The number of fused-ring (bicyclic) bond motifs is 1. The molecule has 0 unspecified atom stereocenters. The fraction of sp³-hybridized carbons (Fsp3) is 0.259. The summed E-state index contributed by atoms with van der Waals surface area (Å²) < 4.78 is 30.8. The third kappa shape index (κ3) is 5.06. The summed E-state index contributed by atoms with van der Waals surface area (Å²) in [5, 5.41) is 0. The Morgan fingerprint density at radius 1 is 0.939 bits per heavy atom. The number of carbonyl (C=O) groups is 2. The average Bonchev–Trinajstić information content (AvgIpc) is 3.04. The van der Waals surface area contributed by atoms with Crippen LogP contribution in [0.3, 0.4) is 0 Å². The summed E-state index contributed by atoms with van der Waals surface area (Å²) in [5.74, 6) is -1.84. The SMILES string of the molecule is COC(=O)C1=C2C(C)=CC=C(C(C)C)C=C2C(C)=CC=C1C(=O)CS(=O)(=O)c1ccccc1. The molecule has 2 aliphatic rings. The minimum Gasteiger partial charge on any atom is -0.465 e. The van der Waals surface area contributed by atoms with E-state index < -0.39 is 27.3 Å². The van der Waals surface area contributed by atoms with E-state index >= 15 is 0 Å². The summed E-state index contributed by atoms with van der Waals surface area (Å²) in [7, 11) is -2.63. The summed E-state index contributed by atoms with van der Waals surface area (Å²) in [5.41, 5.74) is 4.23. The monoisotopic (exact) mass is 464 g/mol. The summed E-state index contributed by atoms with van der Waals surface area (Å²) in [4.78, 5) is 26.4. The van der Waals surface area contributed by atoms with E-state index in [-0.39, 0.29) is 22.0 Å². The first-order valence-corrected chi connectivity index (χ1v) is 12.4. The van der Waals surface area contributed by atoms with Gasteiger partial charge in [0.1, 0.15) is 5.75 Å². The molecule has 0 bridgehead atoms. The molecule has 2 aliphatic carbocycles. The highest BCUT2D eigenvalue weighted by molar-refractivity contribution is 7.92. The van der Waals surface area contributed by atoms with Crippen molar-refractivity contribution in [2.75, 3.05) is 12.9 Å². The van der Waals surface area contributed by atoms with E-state index in [0.29, 0.717) is 5.57 Å². The van der Waals surface area contributed by atoms with Gasteiger partial charge in [0, 0.05) is 11.1 Å². The number of esters is 1. The highest BCUT2D eigenvalue weighted by atomic mass is 32.2. The maximum atomic E-state index is 13.3. The number of allylic oxidation sites excluding steroid dienone is 10. The van der Waals surface area contributed by atoms with E-state index in [0.717, 1.165) is 22.3 Å². The molecule has 33 heavy (non-hydrogen) atoms. The minimum atomic E-state index is -3.89. The Morgan fingerprint density at radius 3 is 2.18 bits per heavy atom. The van der Waals surface area contributed by atoms with Crippen LogP contribution >= 0.6 is 0 Å². The number of benzene rings is 1. The van der Waals surface area contributed by atoms with Crippen LogP contribution < -0.4 is 0 Å². The summed E-state index contributed by atoms with van der Waals surface area (Å²) in [6.07, 6.45) is 9.21. The van der Waals surface area contributed by atoms with Gasteiger partial charge in [-0.1, -0.05) is 62.4 Å². The highest BCUT2D eigenvalue weighted by Gasteiger charge is 2.32. The van der Waals surface area contributed by atoms with Gasteiger partial charge in [0.05, 0.1) is 17.6 Å². The Balaban J connectivity index is 2.19. The maximum Gasteiger partial charge on any atom is 0.339 e. The van der Waals surface area contributed by atoms with Gasteiger partial charge in [-0.2, -0.15) is 0 Å². The van der Waals surface area contributed by atoms with Crippen LogP contribution in [0.15, 0.2) is 105 Å². The van der Waals surface area contributed by atoms with E-state index in [1.54, 1.807) is 24.3 Å². The van der Waals surface area contributed by atoms with Crippen molar-refractivity contribution < 1.29 is 22.7 Å². The minimum absolute atomic E-state index is 0.0276. The topological polar surface area (TPSA) is 77.5 Å². The van der Waals surface area contributed by atoms with Crippen LogP contribution in [0.4, 0.5) is 0 Å². The average molecular weight is 465 g/mol. The predicted molar refractivity (Wildman–Crippen MR) is 129 cm³/mol. The van der Waals surface area contributed by atoms with Gasteiger partial charge in [0.2, 0.25) is 0 Å². The zero-order valence-corrected chi connectivity index (χ0v) is 20.3. The predicted octanol–water partition coefficient (Wildman–Crippen LogP) is 4.85. The number of Topliss-reactive ketones (excluding diaryl/α,β-unsaturated/α-hetero) is 1. The molecule has 3 rings (SSSR count). The van der Waals surface area contributed by atoms with Crippen molar-refractivity contribution in [1.82, 2.24) is 0 Å². The van der Waals surface area contributed by atoms with Crippen molar-refractivity contribution in [2.45, 2.75) is 32.6 Å². The number of ketones is 1. The maximum absolute atomic E-state index is 13.3. The normalized spacial score (nSPS) is 16.5. The zero-order valence-electron chi connectivity index (χ0n) is 19.5. The number of hydrogen-bond donors (Lipinski definition) is 0. The molecule has 1 aromatic carbocycles. The molecule has 0 aliphatic heterocycles. The molecule has 172 valence electrons. The zero-order chi connectivity index (χ0) is 24.3. The Labute approximate surface area is 195 Å². The van der Waals surface area contributed by atoms with Gasteiger partial charge in [0.15, 0.2) is 15.6 Å². The van der Waals surface area contributed by atoms with Gasteiger partial charge in [0.25, 0.3) is 0 Å². The van der Waals surface area contributed by atoms with Crippen molar-refractivity contribution in [2.24, 2.45) is 5.92 Å². The number of sulfone groups is 1. The van der Waals surface area contributed by atoms with Crippen molar-refractivity contribution in [1.29, 1.82) is 0 Å². The van der Waals surface area contributed by atoms with Gasteiger partial charge in [-0.15, -0.1) is 0 Å². The van der Waals surface area contributed by atoms with E-state index in [1.807, 2.05) is 32.1 Å². The van der Waals surface area contributed by atoms with E-state index in [2.05, 4.69) is 13.8 Å². The number of hydrogen-bond acceptors (Lipinski definition) is 5. The lowest BCUT2D eigenvalue weighted by Gasteiger charge is -2.18. The largest absolute Gasteiger partial charge is 0.465 e. The van der Waals surface area contributed by atoms with Crippen molar-refractivity contribution in [3.8, 4) is 0 Å². The van der Waals surface area contributed by atoms with Gasteiger partial charge >= 0.3 is 5.97 Å². The van der Waals surface area contributed by atoms with Gasteiger partial charge in [-0.05, 0) is 54.2 Å². The van der Waals surface area contributed by atoms with Crippen LogP contribution in [0.1, 0.15) is 27.7 Å². The smallest absolute Gasteiger partial charge is 0.339 e. The molecule has 0 N–H and O–H groups in total. The highest BCUT2D eigenvalue weighted by Crippen LogP contribution is 2.38. The summed E-state index contributed by atoms with van der Waals surface area (Å²) >= 11 is 0. The lowest BCUT2D eigenvalue weighted by molar-refractivity contribution is -0.136. The molecule has 0 saturated heterocycles. The summed E-state index contributed by atoms with van der Waals surface area (Å²) in [6, 6.07) is 7.81. The van der Waals surface area contributed by atoms with Crippen molar-refractivity contribution >= 4 is 21.6 Å². The molecule has 0 radical (unpaired) electrons. The standard InChI is InChI=1S/C27H28O5S/c1-17(2)20-13-11-19(4)25-23(15-20)18(3)12-14-22(26(25)27(29)32-5)24(28)16-33(30,31)21-9-7-6-8-10-21/h6-15,17H,16H2,1-5H3. The Hall–Kier alpha value is -3.25. The second kappa shape index (κ2) is 9.71. The Bertz CT molecular complexity index is 1280. The number of methoxy groups -OCH3 is 1. The third-order valence-electron chi connectivity index (χ3n) is 5.72. The fourth-order valence-corrected chi connectivity index (χ4v) is 5.07. The van der Waals surface area contributed by atoms with Gasteiger partial charge in [-0.25, -0.2) is 13.2 Å². The first-order valence-electron chi connectivity index (χ1n) is 10.7. The van der Waals surface area contributed by atoms with E-state index in [1.165, 1.54) is 25.3 Å². The molecule has 1 aromatic rings. The first-order chi connectivity index (χ1) is 15.6. The number of carbonyl (C=O) groups excluding carboxylic acids is 2. The molecule has 0 atom stereocenters. The van der Waals surface area contributed by atoms with Crippen LogP contribution in [0.5, 0.6) is 0 Å². The van der Waals surface area contributed by atoms with E-state index in [4.69, 9.17) is 4.74 Å². The van der Waals surface area contributed by atoms with Crippen LogP contribution in [0, 0.1) is 5.92 Å². The van der Waals surface area contributed by atoms with E-state index in [9.17, 15) is 18.0 Å². The van der Waals surface area contributed by atoms with Crippen LogP contribution in [-0.4, -0.2) is 33.0 Å². The van der Waals surface area contributed by atoms with Gasteiger partial charge in [-0.3, -0.25) is 4.79 Å². The van der Waals surface area contributed by atoms with Crippen molar-refractivity contribution in [3.63, 3.8) is 0 Å². The fourth-order valence-electron chi connectivity index (χ4n) is 3.83. The summed E-state index contributed by atoms with van der Waals surface area (Å²) in [6.45, 7) is 7.94. The van der Waals surface area contributed by atoms with Crippen LogP contribution in [0.25, 0.3) is 0 Å². The molecule has 5 nitrogen and oxygen atoms in total. The molecule has 6 heteroatoms. The lowest BCUT2D eigenvalue weighted by atomic mass is 9.87. The first kappa shape index (κ1) is 24.4. The second-order valence-electron chi connectivity index (χ2n) is 8.40. The molecule has 0 fully saturated rings. The Kier molecular flexibility index (Phi) is 7.18. The van der Waals surface area contributed by atoms with Crippen LogP contribution in [0.2, 0.25) is 0 Å². The Morgan fingerprint density at radius 2 is 1.58 bits per heavy atom. The molecule has 0 heterocycles. The second-order valence-corrected chi connectivity index (χ2v) is 10.4. The molecule has 0 spiro atoms. The van der Waals surface area contributed by atoms with Crippen molar-refractivity contribution in [3.05, 3.63) is 99.7 Å². The number of rotatable bonds is 6. The van der Waals surface area contributed by atoms with Crippen LogP contribution in [-0.2, 0) is 24.2 Å².